The first kappa shape index (κ1) is 28.1. The van der Waals surface area contributed by atoms with Crippen molar-refractivity contribution >= 4 is 60.3 Å². The fourth-order valence-electron chi connectivity index (χ4n) is 4.92. The molecule has 0 saturated heterocycles. The van der Waals surface area contributed by atoms with Crippen LogP contribution in [-0.2, 0) is 0 Å². The minimum absolute atomic E-state index is 0.715. The van der Waals surface area contributed by atoms with Crippen LogP contribution >= 0.6 is 7.92 Å². The van der Waals surface area contributed by atoms with Gasteiger partial charge in [0.1, 0.15) is 0 Å². The van der Waals surface area contributed by atoms with Crippen LogP contribution in [0.2, 0.25) is 0 Å². The van der Waals surface area contributed by atoms with Crippen molar-refractivity contribution in [3.05, 3.63) is 197 Å². The van der Waals surface area contributed by atoms with E-state index in [0.29, 0.717) is 0 Å². The third-order valence-electron chi connectivity index (χ3n) is 7.26. The zero-order chi connectivity index (χ0) is 29.1. The maximum Gasteiger partial charge on any atom is -0.0134 e. The fraction of sp³-hybridized carbons (Fsp3) is 0. The first-order chi connectivity index (χ1) is 21.3. The molecule has 0 saturated carbocycles. The Bertz CT molecular complexity index is 1580. The van der Waals surface area contributed by atoms with Gasteiger partial charge in [-0.25, -0.2) is 0 Å². The van der Waals surface area contributed by atoms with E-state index in [0.717, 1.165) is 0 Å². The van der Waals surface area contributed by atoms with Crippen molar-refractivity contribution in [2.24, 2.45) is 0 Å². The Morgan fingerprint density at radius 3 is 0.674 bits per heavy atom. The van der Waals surface area contributed by atoms with Crippen molar-refractivity contribution in [3.63, 3.8) is 0 Å². The van der Waals surface area contributed by atoms with Gasteiger partial charge in [0.15, 0.2) is 0 Å². The summed E-state index contributed by atoms with van der Waals surface area (Å²) >= 11 is 0. The van der Waals surface area contributed by atoms with Gasteiger partial charge in [0, 0.05) is 0 Å². The van der Waals surface area contributed by atoms with Crippen LogP contribution < -0.4 is 15.9 Å². The van der Waals surface area contributed by atoms with E-state index >= 15 is 0 Å². The highest BCUT2D eigenvalue weighted by Gasteiger charge is 2.16. The molecule has 0 aromatic heterocycles. The monoisotopic (exact) mass is 568 g/mol. The zero-order valence-corrected chi connectivity index (χ0v) is 24.9. The lowest BCUT2D eigenvalue weighted by atomic mass is 10.1. The van der Waals surface area contributed by atoms with Crippen molar-refractivity contribution in [3.8, 4) is 0 Å². The van der Waals surface area contributed by atoms with Crippen LogP contribution in [0.1, 0.15) is 33.4 Å². The van der Waals surface area contributed by atoms with Gasteiger partial charge in [0.25, 0.3) is 0 Å². The fourth-order valence-corrected chi connectivity index (χ4v) is 7.16. The molecule has 0 fully saturated rings. The van der Waals surface area contributed by atoms with E-state index in [2.05, 4.69) is 182 Å². The molecule has 0 N–H and O–H groups in total. The molecule has 0 aliphatic carbocycles. The summed E-state index contributed by atoms with van der Waals surface area (Å²) in [7, 11) is -0.715. The minimum Gasteiger partial charge on any atom is -0.0622 e. The van der Waals surface area contributed by atoms with Crippen LogP contribution in [0.25, 0.3) is 36.5 Å². The van der Waals surface area contributed by atoms with Gasteiger partial charge in [-0.1, -0.05) is 200 Å². The number of rotatable bonds is 9. The summed E-state index contributed by atoms with van der Waals surface area (Å²) in [4.78, 5) is 0. The molecule has 0 atom stereocenters. The lowest BCUT2D eigenvalue weighted by Gasteiger charge is -2.20. The Kier molecular flexibility index (Phi) is 9.30. The molecule has 0 unspecified atom stereocenters. The first-order valence-electron chi connectivity index (χ1n) is 14.6. The van der Waals surface area contributed by atoms with Gasteiger partial charge in [-0.05, 0) is 57.2 Å². The molecule has 6 rings (SSSR count). The predicted octanol–water partition coefficient (Wildman–Crippen LogP) is 9.96. The lowest BCUT2D eigenvalue weighted by molar-refractivity contribution is 1.65. The van der Waals surface area contributed by atoms with Gasteiger partial charge in [-0.2, -0.15) is 0 Å². The van der Waals surface area contributed by atoms with Gasteiger partial charge in [0.05, 0.1) is 0 Å². The molecule has 6 aromatic carbocycles. The van der Waals surface area contributed by atoms with Gasteiger partial charge in [-0.3, -0.25) is 0 Å². The van der Waals surface area contributed by atoms with Crippen LogP contribution in [0, 0.1) is 0 Å². The first-order valence-corrected chi connectivity index (χ1v) is 15.9. The summed E-state index contributed by atoms with van der Waals surface area (Å²) in [5.41, 5.74) is 7.21. The Morgan fingerprint density at radius 1 is 0.233 bits per heavy atom. The Labute approximate surface area is 256 Å². The number of hydrogen-bond acceptors (Lipinski definition) is 0. The summed E-state index contributed by atoms with van der Waals surface area (Å²) in [5.74, 6) is 0. The predicted molar refractivity (Wildman–Crippen MR) is 191 cm³/mol. The molecule has 0 radical (unpaired) electrons. The van der Waals surface area contributed by atoms with Gasteiger partial charge in [-0.15, -0.1) is 0 Å². The van der Waals surface area contributed by atoms with E-state index < -0.39 is 7.92 Å². The molecule has 206 valence electrons. The molecule has 0 heterocycles. The second-order valence-corrected chi connectivity index (χ2v) is 12.6. The highest BCUT2D eigenvalue weighted by molar-refractivity contribution is 7.79. The standard InChI is InChI=1S/C42H33P/c1-4-10-34(11-5-1)16-19-37-22-28-40(29-23-37)43(41-30-24-38(25-31-41)20-17-35-12-6-2-7-13-35)42-32-26-39(27-33-42)21-18-36-14-8-3-9-15-36/h1-33H. The Morgan fingerprint density at radius 2 is 0.442 bits per heavy atom. The number of benzene rings is 6. The highest BCUT2D eigenvalue weighted by Crippen LogP contribution is 2.33. The molecule has 1 heteroatoms. The summed E-state index contributed by atoms with van der Waals surface area (Å²) in [6, 6.07) is 58.5. The molecule has 0 aliphatic heterocycles. The van der Waals surface area contributed by atoms with E-state index in [4.69, 9.17) is 0 Å². The van der Waals surface area contributed by atoms with E-state index in [9.17, 15) is 0 Å². The quantitative estimate of drug-likeness (QED) is 0.120. The third-order valence-corrected chi connectivity index (χ3v) is 9.70. The molecule has 0 spiro atoms. The molecule has 0 nitrogen and oxygen atoms in total. The lowest BCUT2D eigenvalue weighted by Crippen LogP contribution is -2.20. The summed E-state index contributed by atoms with van der Waals surface area (Å²) in [5, 5.41) is 4.02. The van der Waals surface area contributed by atoms with Crippen molar-refractivity contribution in [2.45, 2.75) is 0 Å². The van der Waals surface area contributed by atoms with E-state index in [1.807, 2.05) is 18.2 Å². The van der Waals surface area contributed by atoms with Crippen LogP contribution in [0.4, 0.5) is 0 Å². The minimum atomic E-state index is -0.715. The molecule has 0 aliphatic rings. The van der Waals surface area contributed by atoms with Crippen LogP contribution in [-0.4, -0.2) is 0 Å². The van der Waals surface area contributed by atoms with Crippen LogP contribution in [0.3, 0.4) is 0 Å². The zero-order valence-electron chi connectivity index (χ0n) is 24.0. The molecule has 6 aromatic rings. The van der Waals surface area contributed by atoms with Gasteiger partial charge >= 0.3 is 0 Å². The van der Waals surface area contributed by atoms with Crippen molar-refractivity contribution in [1.29, 1.82) is 0 Å². The molecular weight excluding hydrogens is 535 g/mol. The average Bonchev–Trinajstić information content (AvgIpc) is 3.09. The van der Waals surface area contributed by atoms with Gasteiger partial charge in [0.2, 0.25) is 0 Å². The highest BCUT2D eigenvalue weighted by atomic mass is 31.1. The normalized spacial score (nSPS) is 12.3. The van der Waals surface area contributed by atoms with E-state index in [-0.39, 0.29) is 0 Å². The average molecular weight is 569 g/mol. The van der Waals surface area contributed by atoms with E-state index in [1.54, 1.807) is 0 Å². The second-order valence-electron chi connectivity index (χ2n) is 10.3. The topological polar surface area (TPSA) is 0 Å². The van der Waals surface area contributed by atoms with E-state index in [1.165, 1.54) is 49.3 Å². The maximum absolute atomic E-state index is 2.29. The summed E-state index contributed by atoms with van der Waals surface area (Å²) < 4.78 is 0. The van der Waals surface area contributed by atoms with Crippen molar-refractivity contribution in [2.75, 3.05) is 0 Å². The molecule has 0 bridgehead atoms. The second kappa shape index (κ2) is 14.2. The Balaban J connectivity index is 1.28. The molecular formula is C42H33P. The summed E-state index contributed by atoms with van der Waals surface area (Å²) in [6.45, 7) is 0. The van der Waals surface area contributed by atoms with Gasteiger partial charge < -0.3 is 0 Å². The Hall–Kier alpha value is -5.03. The molecule has 0 amide bonds. The SMILES string of the molecule is C(=Cc1ccc(P(c2ccc(C=Cc3ccccc3)cc2)c2ccc(C=Cc3ccccc3)cc2)cc1)c1ccccc1. The van der Waals surface area contributed by atoms with Crippen molar-refractivity contribution in [1.82, 2.24) is 0 Å². The smallest absolute Gasteiger partial charge is 0.0134 e. The molecule has 43 heavy (non-hydrogen) atoms. The maximum atomic E-state index is 2.29. The number of hydrogen-bond donors (Lipinski definition) is 0. The van der Waals surface area contributed by atoms with Crippen LogP contribution in [0.5, 0.6) is 0 Å². The summed E-state index contributed by atoms with van der Waals surface area (Å²) in [6.07, 6.45) is 13.1. The largest absolute Gasteiger partial charge is 0.0622 e. The third kappa shape index (κ3) is 7.83. The van der Waals surface area contributed by atoms with Crippen molar-refractivity contribution < 1.29 is 0 Å². The van der Waals surface area contributed by atoms with Crippen LogP contribution in [0.15, 0.2) is 164 Å².